The fourth-order valence-corrected chi connectivity index (χ4v) is 3.40. The number of hydrogen-bond acceptors (Lipinski definition) is 4. The molecule has 0 saturated carbocycles. The maximum Gasteiger partial charge on any atom is 0.334 e. The number of nitrogens with one attached hydrogen (secondary N) is 1. The summed E-state index contributed by atoms with van der Waals surface area (Å²) in [6, 6.07) is 0.388. The van der Waals surface area contributed by atoms with Gasteiger partial charge in [-0.3, -0.25) is 0 Å². The Balaban J connectivity index is 1.82. The Bertz CT molecular complexity index is 390. The van der Waals surface area contributed by atoms with Gasteiger partial charge in [0, 0.05) is 26.2 Å². The van der Waals surface area contributed by atoms with E-state index >= 15 is 0 Å². The third kappa shape index (κ3) is 3.85. The van der Waals surface area contributed by atoms with Crippen molar-refractivity contribution in [2.24, 2.45) is 5.92 Å². The molecule has 0 aromatic heterocycles. The molecule has 7 nitrogen and oxygen atoms in total. The molecule has 2 N–H and O–H groups in total. The van der Waals surface area contributed by atoms with Crippen LogP contribution in [0.25, 0.3) is 0 Å². The highest BCUT2D eigenvalue weighted by Crippen LogP contribution is 2.29. The molecule has 120 valence electrons. The normalized spacial score (nSPS) is 27.8. The molecule has 2 aliphatic rings. The third-order valence-corrected chi connectivity index (χ3v) is 4.63. The van der Waals surface area contributed by atoms with Gasteiger partial charge in [0.2, 0.25) is 0 Å². The van der Waals surface area contributed by atoms with Gasteiger partial charge in [0.1, 0.15) is 0 Å². The first kappa shape index (κ1) is 16.0. The van der Waals surface area contributed by atoms with Crippen LogP contribution in [0.15, 0.2) is 0 Å². The molecule has 2 aliphatic heterocycles. The first-order valence-corrected chi connectivity index (χ1v) is 7.51. The molecular formula is C14H25N3O4. The highest BCUT2D eigenvalue weighted by Gasteiger charge is 2.35. The highest BCUT2D eigenvalue weighted by atomic mass is 16.5. The van der Waals surface area contributed by atoms with Crippen molar-refractivity contribution in [3.8, 4) is 0 Å². The van der Waals surface area contributed by atoms with E-state index in [-0.39, 0.29) is 12.6 Å². The van der Waals surface area contributed by atoms with Crippen molar-refractivity contribution < 1.29 is 19.4 Å². The molecule has 3 unspecified atom stereocenters. The topological polar surface area (TPSA) is 82.1 Å². The van der Waals surface area contributed by atoms with Crippen molar-refractivity contribution in [2.45, 2.75) is 31.4 Å². The molecule has 7 heteroatoms. The van der Waals surface area contributed by atoms with Crippen molar-refractivity contribution in [1.82, 2.24) is 15.1 Å². The van der Waals surface area contributed by atoms with E-state index in [9.17, 15) is 9.59 Å². The second-order valence-corrected chi connectivity index (χ2v) is 5.93. The molecule has 0 aromatic carbocycles. The van der Waals surface area contributed by atoms with Crippen LogP contribution in [0.2, 0.25) is 0 Å². The van der Waals surface area contributed by atoms with Gasteiger partial charge in [0.25, 0.3) is 0 Å². The number of rotatable bonds is 4. The molecule has 2 saturated heterocycles. The number of nitrogens with zero attached hydrogens (tertiary/aromatic N) is 2. The molecule has 2 amide bonds. The van der Waals surface area contributed by atoms with Gasteiger partial charge in [0.15, 0.2) is 6.10 Å². The summed E-state index contributed by atoms with van der Waals surface area (Å²) in [7, 11) is 3.48. The van der Waals surface area contributed by atoms with E-state index in [4.69, 9.17) is 9.84 Å². The second-order valence-electron chi connectivity index (χ2n) is 5.93. The number of aliphatic carboxylic acids is 1. The number of carbonyl (C=O) groups excluding carboxylic acids is 1. The first-order chi connectivity index (χ1) is 10.0. The lowest BCUT2D eigenvalue weighted by Gasteiger charge is -2.45. The smallest absolute Gasteiger partial charge is 0.334 e. The molecule has 0 spiro atoms. The third-order valence-electron chi connectivity index (χ3n) is 4.63. The monoisotopic (exact) mass is 299 g/mol. The van der Waals surface area contributed by atoms with Gasteiger partial charge in [-0.25, -0.2) is 9.59 Å². The number of hydrogen-bond donors (Lipinski definition) is 2. The molecule has 21 heavy (non-hydrogen) atoms. The van der Waals surface area contributed by atoms with Crippen molar-refractivity contribution >= 4 is 12.0 Å². The van der Waals surface area contributed by atoms with Gasteiger partial charge >= 0.3 is 12.0 Å². The van der Waals surface area contributed by atoms with Crippen LogP contribution in [0, 0.1) is 5.92 Å². The van der Waals surface area contributed by atoms with Crippen LogP contribution in [0.1, 0.15) is 19.3 Å². The predicted octanol–water partition coefficient (Wildman–Crippen LogP) is 0.212. The molecular weight excluding hydrogens is 274 g/mol. The minimum atomic E-state index is -1.06. The quantitative estimate of drug-likeness (QED) is 0.775. The van der Waals surface area contributed by atoms with Gasteiger partial charge < -0.3 is 25.0 Å². The van der Waals surface area contributed by atoms with Crippen LogP contribution < -0.4 is 5.32 Å². The fraction of sp³-hybridized carbons (Fsp3) is 0.857. The Morgan fingerprint density at radius 1 is 1.38 bits per heavy atom. The molecule has 2 rings (SSSR count). The Labute approximate surface area is 125 Å². The maximum absolute atomic E-state index is 12.1. The number of fused-ring (bicyclic) bond motifs is 1. The Kier molecular flexibility index (Phi) is 5.41. The maximum atomic E-state index is 12.1. The summed E-state index contributed by atoms with van der Waals surface area (Å²) in [5, 5.41) is 11.5. The van der Waals surface area contributed by atoms with Crippen LogP contribution >= 0.6 is 0 Å². The molecule has 2 fully saturated rings. The Morgan fingerprint density at radius 2 is 2.14 bits per heavy atom. The zero-order valence-electron chi connectivity index (χ0n) is 12.7. The van der Waals surface area contributed by atoms with E-state index in [2.05, 4.69) is 17.3 Å². The lowest BCUT2D eigenvalue weighted by molar-refractivity contribution is -0.148. The van der Waals surface area contributed by atoms with Crippen LogP contribution in [0.3, 0.4) is 0 Å². The SMILES string of the molecule is COC(CNC(=O)N1CCC2C(CCCN2C)C1)C(=O)O. The van der Waals surface area contributed by atoms with Crippen molar-refractivity contribution in [2.75, 3.05) is 40.3 Å². The first-order valence-electron chi connectivity index (χ1n) is 7.51. The van der Waals surface area contributed by atoms with E-state index in [1.807, 2.05) is 0 Å². The number of amides is 2. The van der Waals surface area contributed by atoms with Gasteiger partial charge in [0.05, 0.1) is 6.54 Å². The summed E-state index contributed by atoms with van der Waals surface area (Å²) in [5.74, 6) is -0.536. The lowest BCUT2D eigenvalue weighted by Crippen LogP contribution is -2.56. The van der Waals surface area contributed by atoms with Gasteiger partial charge in [-0.05, 0) is 38.8 Å². The molecule has 0 radical (unpaired) electrons. The minimum absolute atomic E-state index is 0.00480. The number of likely N-dealkylation sites (tertiary alicyclic amines) is 2. The van der Waals surface area contributed by atoms with E-state index in [0.717, 1.165) is 32.5 Å². The van der Waals surface area contributed by atoms with Crippen molar-refractivity contribution in [1.29, 1.82) is 0 Å². The van der Waals surface area contributed by atoms with Gasteiger partial charge in [-0.1, -0.05) is 0 Å². The van der Waals surface area contributed by atoms with Crippen LogP contribution in [0.4, 0.5) is 4.79 Å². The number of carboxylic acids is 1. The molecule has 3 atom stereocenters. The number of piperidine rings is 2. The summed E-state index contributed by atoms with van der Waals surface area (Å²) in [6.45, 7) is 2.62. The lowest BCUT2D eigenvalue weighted by atomic mass is 9.84. The zero-order chi connectivity index (χ0) is 15.4. The Hall–Kier alpha value is -1.34. The number of ether oxygens (including phenoxy) is 1. The van der Waals surface area contributed by atoms with E-state index in [1.54, 1.807) is 4.90 Å². The van der Waals surface area contributed by atoms with Crippen LogP contribution in [-0.4, -0.2) is 79.4 Å². The fourth-order valence-electron chi connectivity index (χ4n) is 3.40. The van der Waals surface area contributed by atoms with Gasteiger partial charge in [-0.15, -0.1) is 0 Å². The molecule has 2 heterocycles. The predicted molar refractivity (Wildman–Crippen MR) is 77.2 cm³/mol. The number of carbonyl (C=O) groups is 2. The summed E-state index contributed by atoms with van der Waals surface area (Å²) in [4.78, 5) is 27.2. The summed E-state index contributed by atoms with van der Waals surface area (Å²) < 4.78 is 4.81. The summed E-state index contributed by atoms with van der Waals surface area (Å²) in [5.41, 5.74) is 0. The summed E-state index contributed by atoms with van der Waals surface area (Å²) >= 11 is 0. The van der Waals surface area contributed by atoms with E-state index in [0.29, 0.717) is 12.0 Å². The standard InChI is InChI=1S/C14H25N3O4/c1-16-6-3-4-10-9-17(7-5-11(10)16)14(20)15-8-12(21-2)13(18)19/h10-12H,3-9H2,1-2H3,(H,15,20)(H,18,19). The van der Waals surface area contributed by atoms with Crippen LogP contribution in [0.5, 0.6) is 0 Å². The van der Waals surface area contributed by atoms with Crippen molar-refractivity contribution in [3.05, 3.63) is 0 Å². The second kappa shape index (κ2) is 7.09. The largest absolute Gasteiger partial charge is 0.479 e. The van der Waals surface area contributed by atoms with Gasteiger partial charge in [-0.2, -0.15) is 0 Å². The summed E-state index contributed by atoms with van der Waals surface area (Å²) in [6.07, 6.45) is 2.33. The minimum Gasteiger partial charge on any atom is -0.479 e. The average molecular weight is 299 g/mol. The Morgan fingerprint density at radius 3 is 2.81 bits per heavy atom. The molecule has 0 bridgehead atoms. The highest BCUT2D eigenvalue weighted by molar-refractivity contribution is 5.77. The number of urea groups is 1. The molecule has 0 aromatic rings. The zero-order valence-corrected chi connectivity index (χ0v) is 12.7. The van der Waals surface area contributed by atoms with E-state index < -0.39 is 12.1 Å². The van der Waals surface area contributed by atoms with Crippen molar-refractivity contribution in [3.63, 3.8) is 0 Å². The van der Waals surface area contributed by atoms with Crippen LogP contribution in [-0.2, 0) is 9.53 Å². The molecule has 0 aliphatic carbocycles. The number of carboxylic acid groups (broad SMARTS) is 1. The average Bonchev–Trinajstić information content (AvgIpc) is 2.47. The number of methoxy groups -OCH3 is 1. The van der Waals surface area contributed by atoms with E-state index in [1.165, 1.54) is 13.5 Å².